The van der Waals surface area contributed by atoms with Crippen LogP contribution in [-0.2, 0) is 16.8 Å². The van der Waals surface area contributed by atoms with Gasteiger partial charge in [-0.2, -0.15) is 4.52 Å². The molecule has 0 spiro atoms. The zero-order valence-electron chi connectivity index (χ0n) is 16.0. The Morgan fingerprint density at radius 2 is 2.00 bits per heavy atom. The molecule has 0 atom stereocenters. The lowest BCUT2D eigenvalue weighted by molar-refractivity contribution is 0.184. The smallest absolute Gasteiger partial charge is 0.205 e. The van der Waals surface area contributed by atoms with Gasteiger partial charge in [-0.25, -0.2) is 0 Å². The molecule has 0 aromatic carbocycles. The monoisotopic (exact) mass is 388 g/mol. The van der Waals surface area contributed by atoms with E-state index in [1.54, 1.807) is 7.11 Å². The highest BCUT2D eigenvalue weighted by Crippen LogP contribution is 2.26. The molecular formula is C17H24N8OS. The second-order valence-corrected chi connectivity index (χ2v) is 8.88. The molecule has 1 aliphatic rings. The van der Waals surface area contributed by atoms with E-state index in [0.717, 1.165) is 47.1 Å². The fourth-order valence-corrected chi connectivity index (χ4v) is 3.76. The number of hydrogen-bond donors (Lipinski definition) is 1. The number of methoxy groups -OCH3 is 1. The number of hydrogen-bond acceptors (Lipinski definition) is 9. The number of ether oxygens (including phenoxy) is 1. The first-order valence-corrected chi connectivity index (χ1v) is 9.79. The van der Waals surface area contributed by atoms with Gasteiger partial charge >= 0.3 is 0 Å². The summed E-state index contributed by atoms with van der Waals surface area (Å²) in [5.74, 6) is 2.39. The molecule has 0 bridgehead atoms. The molecule has 27 heavy (non-hydrogen) atoms. The summed E-state index contributed by atoms with van der Waals surface area (Å²) < 4.78 is 6.93. The van der Waals surface area contributed by atoms with Gasteiger partial charge in [-0.3, -0.25) is 0 Å². The summed E-state index contributed by atoms with van der Waals surface area (Å²) in [5, 5.41) is 26.6. The molecule has 4 heterocycles. The van der Waals surface area contributed by atoms with E-state index in [1.807, 2.05) is 16.6 Å². The van der Waals surface area contributed by atoms with Crippen LogP contribution in [-0.4, -0.2) is 56.8 Å². The fraction of sp³-hybridized carbons (Fsp3) is 0.588. The molecule has 4 rings (SSSR count). The average Bonchev–Trinajstić information content (AvgIpc) is 3.19. The lowest BCUT2D eigenvalue weighted by atomic mass is 9.96. The van der Waals surface area contributed by atoms with Crippen molar-refractivity contribution in [2.24, 2.45) is 5.92 Å². The molecule has 144 valence electrons. The van der Waals surface area contributed by atoms with Crippen LogP contribution in [0.3, 0.4) is 0 Å². The van der Waals surface area contributed by atoms with Gasteiger partial charge in [0.15, 0.2) is 11.5 Å². The second kappa shape index (κ2) is 7.01. The van der Waals surface area contributed by atoms with Crippen LogP contribution in [0.5, 0.6) is 0 Å². The van der Waals surface area contributed by atoms with Crippen LogP contribution in [0, 0.1) is 5.92 Å². The van der Waals surface area contributed by atoms with E-state index in [0.29, 0.717) is 12.5 Å². The predicted octanol–water partition coefficient (Wildman–Crippen LogP) is 1.97. The van der Waals surface area contributed by atoms with Crippen LogP contribution in [0.1, 0.15) is 31.6 Å². The Kier molecular flexibility index (Phi) is 4.68. The van der Waals surface area contributed by atoms with Crippen molar-refractivity contribution < 1.29 is 4.74 Å². The minimum absolute atomic E-state index is 0.101. The number of rotatable bonds is 6. The molecule has 3 aromatic heterocycles. The Morgan fingerprint density at radius 3 is 2.74 bits per heavy atom. The number of anilines is 2. The maximum absolute atomic E-state index is 5.07. The van der Waals surface area contributed by atoms with Crippen LogP contribution in [0.4, 0.5) is 10.9 Å². The molecule has 1 aliphatic heterocycles. The highest BCUT2D eigenvalue weighted by atomic mass is 32.1. The Bertz CT molecular complexity index is 925. The van der Waals surface area contributed by atoms with Gasteiger partial charge in [0.2, 0.25) is 5.13 Å². The topological polar surface area (TPSA) is 93.4 Å². The molecular weight excluding hydrogens is 364 g/mol. The molecule has 0 aliphatic carbocycles. The quantitative estimate of drug-likeness (QED) is 0.685. The van der Waals surface area contributed by atoms with Crippen LogP contribution in [0.2, 0.25) is 0 Å². The maximum atomic E-state index is 5.07. The normalized spacial score (nSPS) is 15.3. The van der Waals surface area contributed by atoms with Crippen LogP contribution >= 0.6 is 11.3 Å². The molecule has 1 fully saturated rings. The summed E-state index contributed by atoms with van der Waals surface area (Å²) in [6, 6.07) is 4.00. The highest BCUT2D eigenvalue weighted by Gasteiger charge is 2.29. The van der Waals surface area contributed by atoms with E-state index < -0.39 is 0 Å². The van der Waals surface area contributed by atoms with E-state index >= 15 is 0 Å². The summed E-state index contributed by atoms with van der Waals surface area (Å²) in [7, 11) is 1.66. The van der Waals surface area contributed by atoms with E-state index in [1.165, 1.54) is 11.3 Å². The van der Waals surface area contributed by atoms with Crippen molar-refractivity contribution in [1.82, 2.24) is 30.0 Å². The second-order valence-electron chi connectivity index (χ2n) is 7.82. The largest absolute Gasteiger partial charge is 0.377 e. The van der Waals surface area contributed by atoms with E-state index in [9.17, 15) is 0 Å². The summed E-state index contributed by atoms with van der Waals surface area (Å²) in [5.41, 5.74) is 0.682. The van der Waals surface area contributed by atoms with Gasteiger partial charge < -0.3 is 15.0 Å². The van der Waals surface area contributed by atoms with Crippen LogP contribution in [0.15, 0.2) is 12.1 Å². The Balaban J connectivity index is 1.36. The minimum atomic E-state index is -0.101. The Hall–Kier alpha value is -2.33. The summed E-state index contributed by atoms with van der Waals surface area (Å²) in [6.45, 7) is 9.66. The van der Waals surface area contributed by atoms with Crippen molar-refractivity contribution in [1.29, 1.82) is 0 Å². The van der Waals surface area contributed by atoms with Gasteiger partial charge in [0.25, 0.3) is 0 Å². The lowest BCUT2D eigenvalue weighted by Crippen LogP contribution is -2.50. The molecule has 1 N–H and O–H groups in total. The summed E-state index contributed by atoms with van der Waals surface area (Å²) in [4.78, 5) is 2.27. The number of nitrogens with one attached hydrogen (secondary N) is 1. The van der Waals surface area contributed by atoms with Gasteiger partial charge in [0, 0.05) is 38.1 Å². The molecule has 1 saturated heterocycles. The third-order valence-electron chi connectivity index (χ3n) is 4.48. The number of aromatic nitrogens is 6. The van der Waals surface area contributed by atoms with Crippen molar-refractivity contribution in [3.63, 3.8) is 0 Å². The molecule has 0 unspecified atom stereocenters. The summed E-state index contributed by atoms with van der Waals surface area (Å²) >= 11 is 1.54. The van der Waals surface area contributed by atoms with E-state index in [2.05, 4.69) is 51.4 Å². The molecule has 0 saturated carbocycles. The molecule has 10 heteroatoms. The Labute approximate surface area is 161 Å². The van der Waals surface area contributed by atoms with Crippen LogP contribution < -0.4 is 10.2 Å². The SMILES string of the molecule is COCc1nnc(NCC2CN(c3ccc4nnc(C(C)(C)C)n4n3)C2)s1. The molecule has 9 nitrogen and oxygen atoms in total. The zero-order valence-corrected chi connectivity index (χ0v) is 16.8. The van der Waals surface area contributed by atoms with Crippen LogP contribution in [0.25, 0.3) is 5.65 Å². The van der Waals surface area contributed by atoms with E-state index in [-0.39, 0.29) is 5.41 Å². The van der Waals surface area contributed by atoms with E-state index in [4.69, 9.17) is 9.84 Å². The maximum Gasteiger partial charge on any atom is 0.205 e. The average molecular weight is 389 g/mol. The third-order valence-corrected chi connectivity index (χ3v) is 5.33. The third kappa shape index (κ3) is 3.72. The van der Waals surface area contributed by atoms with Crippen molar-refractivity contribution in [2.75, 3.05) is 37.0 Å². The van der Waals surface area contributed by atoms with Gasteiger partial charge in [-0.1, -0.05) is 32.1 Å². The predicted molar refractivity (Wildman–Crippen MR) is 104 cm³/mol. The Morgan fingerprint density at radius 1 is 1.19 bits per heavy atom. The van der Waals surface area contributed by atoms with Crippen molar-refractivity contribution >= 4 is 27.9 Å². The van der Waals surface area contributed by atoms with Gasteiger partial charge in [-0.15, -0.1) is 25.5 Å². The molecule has 0 radical (unpaired) electrons. The molecule has 0 amide bonds. The minimum Gasteiger partial charge on any atom is -0.377 e. The van der Waals surface area contributed by atoms with Crippen molar-refractivity contribution in [2.45, 2.75) is 32.8 Å². The summed E-state index contributed by atoms with van der Waals surface area (Å²) in [6.07, 6.45) is 0. The number of fused-ring (bicyclic) bond motifs is 1. The fourth-order valence-electron chi connectivity index (χ4n) is 3.04. The van der Waals surface area contributed by atoms with Crippen molar-refractivity contribution in [3.05, 3.63) is 23.0 Å². The number of nitrogens with zero attached hydrogens (tertiary/aromatic N) is 7. The molecule has 3 aromatic rings. The first-order valence-electron chi connectivity index (χ1n) is 8.97. The van der Waals surface area contributed by atoms with Gasteiger partial charge in [0.1, 0.15) is 17.4 Å². The standard InChI is InChI=1S/C17H24N8OS/c1-17(2,3)15-21-19-12-5-6-13(23-25(12)15)24-8-11(9-24)7-18-16-22-20-14(27-16)10-26-4/h5-6,11H,7-10H2,1-4H3,(H,18,22). The zero-order chi connectivity index (χ0) is 19.0. The lowest BCUT2D eigenvalue weighted by Gasteiger charge is -2.40. The highest BCUT2D eigenvalue weighted by molar-refractivity contribution is 7.15. The first-order chi connectivity index (χ1) is 12.9. The van der Waals surface area contributed by atoms with Gasteiger partial charge in [0.05, 0.1) is 0 Å². The van der Waals surface area contributed by atoms with Gasteiger partial charge in [-0.05, 0) is 12.1 Å². The first kappa shape index (κ1) is 18.1. The van der Waals surface area contributed by atoms with Crippen molar-refractivity contribution in [3.8, 4) is 0 Å².